The summed E-state index contributed by atoms with van der Waals surface area (Å²) in [5.41, 5.74) is -0.483. The average molecular weight is 460 g/mol. The number of nitrogens with one attached hydrogen (secondary N) is 2. The van der Waals surface area contributed by atoms with E-state index in [-0.39, 0.29) is 16.9 Å². The number of aliphatic carboxylic acids is 1. The maximum absolute atomic E-state index is 14.8. The van der Waals surface area contributed by atoms with Gasteiger partial charge in [-0.3, -0.25) is 9.59 Å². The van der Waals surface area contributed by atoms with Gasteiger partial charge in [-0.15, -0.1) is 10.6 Å². The summed E-state index contributed by atoms with van der Waals surface area (Å²) in [5, 5.41) is 12.0. The Hall–Kier alpha value is -2.93. The highest BCUT2D eigenvalue weighted by atomic mass is 32.2. The molecule has 0 aliphatic heterocycles. The average Bonchev–Trinajstić information content (AvgIpc) is 2.68. The number of hydrogen-bond donors (Lipinski definition) is 3. The fraction of sp³-hybridized carbons (Fsp3) is 0.348. The molecule has 0 fully saturated rings. The van der Waals surface area contributed by atoms with Crippen molar-refractivity contribution in [3.05, 3.63) is 59.2 Å². The smallest absolute Gasteiger partial charge is 0.305 e. The van der Waals surface area contributed by atoms with Crippen LogP contribution in [0, 0.1) is 17.7 Å². The van der Waals surface area contributed by atoms with Crippen LogP contribution in [0.15, 0.2) is 36.5 Å². The first kappa shape index (κ1) is 25.3. The Morgan fingerprint density at radius 3 is 2.44 bits per heavy atom. The van der Waals surface area contributed by atoms with E-state index in [9.17, 15) is 23.6 Å². The lowest BCUT2D eigenvalue weighted by atomic mass is 9.89. The molecule has 1 aromatic carbocycles. The predicted molar refractivity (Wildman–Crippen MR) is 122 cm³/mol. The van der Waals surface area contributed by atoms with Crippen LogP contribution in [0.3, 0.4) is 0 Å². The van der Waals surface area contributed by atoms with Gasteiger partial charge in [0.05, 0.1) is 12.0 Å². The van der Waals surface area contributed by atoms with Gasteiger partial charge in [0.25, 0.3) is 5.91 Å². The molecular formula is C23H26FN3O4S. The molecule has 7 nitrogen and oxygen atoms in total. The number of anilines is 1. The molecule has 32 heavy (non-hydrogen) atoms. The fourth-order valence-corrected chi connectivity index (χ4v) is 3.71. The highest BCUT2D eigenvalue weighted by Crippen LogP contribution is 2.32. The molecule has 2 rings (SSSR count). The van der Waals surface area contributed by atoms with Crippen molar-refractivity contribution < 1.29 is 23.6 Å². The molecule has 1 unspecified atom stereocenters. The summed E-state index contributed by atoms with van der Waals surface area (Å²) in [5.74, 6) is 3.16. The van der Waals surface area contributed by atoms with Crippen molar-refractivity contribution in [2.75, 3.05) is 5.32 Å². The Morgan fingerprint density at radius 2 is 1.91 bits per heavy atom. The van der Waals surface area contributed by atoms with Gasteiger partial charge in [0.2, 0.25) is 0 Å². The Labute approximate surface area is 190 Å². The van der Waals surface area contributed by atoms with Crippen LogP contribution < -0.4 is 10.0 Å². The molecule has 2 atom stereocenters. The molecule has 9 heteroatoms. The first-order valence-corrected chi connectivity index (χ1v) is 10.9. The minimum atomic E-state index is -1.67. The summed E-state index contributed by atoms with van der Waals surface area (Å²) >= 11 is -1.67. The van der Waals surface area contributed by atoms with Crippen LogP contribution in [-0.4, -0.2) is 31.3 Å². The van der Waals surface area contributed by atoms with Gasteiger partial charge < -0.3 is 15.0 Å². The van der Waals surface area contributed by atoms with Crippen LogP contribution in [0.25, 0.3) is 0 Å². The summed E-state index contributed by atoms with van der Waals surface area (Å²) in [4.78, 5) is 28.1. The van der Waals surface area contributed by atoms with E-state index in [0.717, 1.165) is 6.07 Å². The number of rotatable bonds is 7. The van der Waals surface area contributed by atoms with Crippen LogP contribution in [0.2, 0.25) is 0 Å². The predicted octanol–water partition coefficient (Wildman–Crippen LogP) is 3.59. The second-order valence-corrected chi connectivity index (χ2v) is 10.3. The van der Waals surface area contributed by atoms with E-state index in [2.05, 4.69) is 26.9 Å². The number of carbonyl (C=O) groups excluding carboxylic acids is 1. The number of pyridine rings is 1. The zero-order valence-corrected chi connectivity index (χ0v) is 19.4. The summed E-state index contributed by atoms with van der Waals surface area (Å²) < 4.78 is 29.5. The molecule has 170 valence electrons. The molecule has 1 aromatic heterocycles. The maximum atomic E-state index is 14.8. The van der Waals surface area contributed by atoms with E-state index in [4.69, 9.17) is 0 Å². The van der Waals surface area contributed by atoms with Gasteiger partial charge >= 0.3 is 5.97 Å². The van der Waals surface area contributed by atoms with Crippen LogP contribution in [0.5, 0.6) is 0 Å². The number of carboxylic acid groups (broad SMARTS) is 1. The summed E-state index contributed by atoms with van der Waals surface area (Å²) in [7, 11) is 0. The minimum Gasteiger partial charge on any atom is -0.598 e. The second kappa shape index (κ2) is 10.1. The molecule has 2 aromatic rings. The van der Waals surface area contributed by atoms with Crippen molar-refractivity contribution in [1.29, 1.82) is 0 Å². The van der Waals surface area contributed by atoms with Crippen LogP contribution in [0.4, 0.5) is 10.1 Å². The normalized spacial score (nSPS) is 14.0. The van der Waals surface area contributed by atoms with E-state index in [0.29, 0.717) is 5.56 Å². The molecule has 0 aliphatic rings. The number of carboxylic acids is 1. The SMILES string of the molecule is CC#Cc1ccc(C(=O)Nc2ccc(F)c(C(C)(CC(=O)O)N[S@+]([O-])C(C)(C)C)c2)nc1. The van der Waals surface area contributed by atoms with Crippen molar-refractivity contribution in [2.45, 2.75) is 51.3 Å². The minimum absolute atomic E-state index is 0.0307. The van der Waals surface area contributed by atoms with Crippen molar-refractivity contribution in [2.24, 2.45) is 0 Å². The molecule has 0 radical (unpaired) electrons. The number of halogens is 1. The third-order valence-electron chi connectivity index (χ3n) is 4.46. The number of aromatic nitrogens is 1. The van der Waals surface area contributed by atoms with Crippen LogP contribution >= 0.6 is 0 Å². The molecule has 1 heterocycles. The second-order valence-electron chi connectivity index (χ2n) is 8.34. The zero-order chi connectivity index (χ0) is 24.1. The van der Waals surface area contributed by atoms with Gasteiger partial charge in [-0.25, -0.2) is 9.37 Å². The van der Waals surface area contributed by atoms with Crippen molar-refractivity contribution in [3.8, 4) is 11.8 Å². The lowest BCUT2D eigenvalue weighted by molar-refractivity contribution is -0.138. The Bertz CT molecular complexity index is 1060. The van der Waals surface area contributed by atoms with Gasteiger partial charge in [0.1, 0.15) is 16.3 Å². The molecular weight excluding hydrogens is 433 g/mol. The van der Waals surface area contributed by atoms with Gasteiger partial charge in [-0.05, 0) is 65.0 Å². The standard InChI is InChI=1S/C23H26FN3O4S/c1-6-7-15-8-11-19(25-14-15)21(30)26-16-9-10-18(24)17(12-16)23(5,13-20(28)29)27-32(31)22(2,3)4/h8-12,14,27H,13H2,1-5H3,(H,26,30)(H,28,29)/t23?,32-/m1/s1. The van der Waals surface area contributed by atoms with Crippen molar-refractivity contribution >= 4 is 28.9 Å². The van der Waals surface area contributed by atoms with Gasteiger partial charge in [0.15, 0.2) is 0 Å². The lowest BCUT2D eigenvalue weighted by Crippen LogP contribution is -2.51. The Balaban J connectivity index is 2.36. The van der Waals surface area contributed by atoms with Crippen molar-refractivity contribution in [3.63, 3.8) is 0 Å². The summed E-state index contributed by atoms with van der Waals surface area (Å²) in [6, 6.07) is 6.99. The van der Waals surface area contributed by atoms with Crippen molar-refractivity contribution in [1.82, 2.24) is 9.71 Å². The number of nitrogens with zero attached hydrogens (tertiary/aromatic N) is 1. The molecule has 0 aliphatic carbocycles. The monoisotopic (exact) mass is 459 g/mol. The summed E-state index contributed by atoms with van der Waals surface area (Å²) in [6.45, 7) is 8.30. The first-order valence-electron chi connectivity index (χ1n) is 9.77. The Morgan fingerprint density at radius 1 is 1.22 bits per heavy atom. The van der Waals surface area contributed by atoms with Gasteiger partial charge in [-0.2, -0.15) is 0 Å². The molecule has 0 saturated carbocycles. The number of amides is 1. The Kier molecular flexibility index (Phi) is 8.02. The van der Waals surface area contributed by atoms with E-state index in [1.165, 1.54) is 31.3 Å². The molecule has 1 amide bonds. The molecule has 0 bridgehead atoms. The molecule has 3 N–H and O–H groups in total. The molecule has 0 saturated heterocycles. The highest BCUT2D eigenvalue weighted by Gasteiger charge is 2.40. The van der Waals surface area contributed by atoms with Crippen LogP contribution in [-0.2, 0) is 21.7 Å². The first-order chi connectivity index (χ1) is 14.9. The number of hydrogen-bond acceptors (Lipinski definition) is 5. The van der Waals surface area contributed by atoms with E-state index >= 15 is 0 Å². The highest BCUT2D eigenvalue weighted by molar-refractivity contribution is 7.90. The quantitative estimate of drug-likeness (QED) is 0.431. The zero-order valence-electron chi connectivity index (χ0n) is 18.6. The third-order valence-corrected chi connectivity index (χ3v) is 6.21. The molecule has 0 spiro atoms. The van der Waals surface area contributed by atoms with E-state index in [1.807, 2.05) is 0 Å². The topological polar surface area (TPSA) is 114 Å². The fourth-order valence-electron chi connectivity index (χ4n) is 2.81. The van der Waals surface area contributed by atoms with Crippen LogP contribution in [0.1, 0.15) is 62.7 Å². The number of carbonyl (C=O) groups is 2. The largest absolute Gasteiger partial charge is 0.598 e. The van der Waals surface area contributed by atoms with E-state index < -0.39 is 45.8 Å². The summed E-state index contributed by atoms with van der Waals surface area (Å²) in [6.07, 6.45) is 0.946. The maximum Gasteiger partial charge on any atom is 0.305 e. The third kappa shape index (κ3) is 6.53. The lowest BCUT2D eigenvalue weighted by Gasteiger charge is -2.34. The van der Waals surface area contributed by atoms with Gasteiger partial charge in [0, 0.05) is 34.4 Å². The number of benzene rings is 1. The van der Waals surface area contributed by atoms with E-state index in [1.54, 1.807) is 33.8 Å². The van der Waals surface area contributed by atoms with Gasteiger partial charge in [-0.1, -0.05) is 5.92 Å².